The fourth-order valence-electron chi connectivity index (χ4n) is 5.91. The van der Waals surface area contributed by atoms with Gasteiger partial charge in [0.25, 0.3) is 0 Å². The van der Waals surface area contributed by atoms with Crippen molar-refractivity contribution in [1.29, 1.82) is 5.26 Å². The molecule has 2 aliphatic heterocycles. The van der Waals surface area contributed by atoms with E-state index in [9.17, 15) is 14.9 Å². The largest absolute Gasteiger partial charge is 0.492 e. The van der Waals surface area contributed by atoms with Crippen molar-refractivity contribution in [1.82, 2.24) is 19.8 Å². The highest BCUT2D eigenvalue weighted by Crippen LogP contribution is 2.37. The SMILES string of the molecule is CCOc1cc2ncc(C#N)c(Nc3ccc(OCc4ccccn4)c(Cl)c3)c2cc1NC(=O)/C=C/CN1CC(=O)N2CCC[C@@H]2C1. The Morgan fingerprint density at radius 1 is 1.17 bits per heavy atom. The van der Waals surface area contributed by atoms with Crippen LogP contribution >= 0.6 is 11.6 Å². The second-order valence-corrected chi connectivity index (χ2v) is 11.7. The van der Waals surface area contributed by atoms with E-state index in [1.807, 2.05) is 30.0 Å². The van der Waals surface area contributed by atoms with Gasteiger partial charge in [0.15, 0.2) is 0 Å². The minimum Gasteiger partial charge on any atom is -0.492 e. The highest BCUT2D eigenvalue weighted by atomic mass is 35.5. The van der Waals surface area contributed by atoms with Crippen molar-refractivity contribution in [3.8, 4) is 17.6 Å². The first kappa shape index (κ1) is 31.8. The van der Waals surface area contributed by atoms with Gasteiger partial charge in [-0.15, -0.1) is 0 Å². The van der Waals surface area contributed by atoms with E-state index in [1.54, 1.807) is 42.6 Å². The van der Waals surface area contributed by atoms with E-state index in [0.717, 1.165) is 31.6 Å². The number of hydrogen-bond donors (Lipinski definition) is 2. The molecule has 2 fully saturated rings. The Balaban J connectivity index is 1.20. The number of ether oxygens (including phenoxy) is 2. The fourth-order valence-corrected chi connectivity index (χ4v) is 6.14. The quantitative estimate of drug-likeness (QED) is 0.197. The number of amides is 2. The van der Waals surface area contributed by atoms with Gasteiger partial charge in [0.2, 0.25) is 11.8 Å². The summed E-state index contributed by atoms with van der Waals surface area (Å²) in [4.78, 5) is 38.3. The fraction of sp³-hybridized carbons (Fsp3) is 0.286. The number of pyridine rings is 2. The molecule has 2 aromatic carbocycles. The lowest BCUT2D eigenvalue weighted by Crippen LogP contribution is -2.53. The number of hydrogen-bond acceptors (Lipinski definition) is 9. The molecule has 0 radical (unpaired) electrons. The van der Waals surface area contributed by atoms with E-state index in [1.165, 1.54) is 12.3 Å². The van der Waals surface area contributed by atoms with Crippen molar-refractivity contribution < 1.29 is 19.1 Å². The molecular formula is C35H34ClN7O4. The molecule has 4 heterocycles. The van der Waals surface area contributed by atoms with Crippen LogP contribution < -0.4 is 20.1 Å². The monoisotopic (exact) mass is 651 g/mol. The molecular weight excluding hydrogens is 618 g/mol. The number of piperazine rings is 1. The Labute approximate surface area is 277 Å². The van der Waals surface area contributed by atoms with E-state index in [-0.39, 0.29) is 24.5 Å². The Bertz CT molecular complexity index is 1860. The molecule has 1 atom stereocenters. The molecule has 2 aliphatic rings. The maximum atomic E-state index is 13.0. The van der Waals surface area contributed by atoms with Crippen LogP contribution in [0.25, 0.3) is 10.9 Å². The van der Waals surface area contributed by atoms with Crippen LogP contribution in [0.15, 0.2) is 73.1 Å². The maximum Gasteiger partial charge on any atom is 0.248 e. The van der Waals surface area contributed by atoms with E-state index in [2.05, 4.69) is 31.6 Å². The van der Waals surface area contributed by atoms with Gasteiger partial charge >= 0.3 is 0 Å². The molecule has 0 bridgehead atoms. The molecule has 4 aromatic rings. The van der Waals surface area contributed by atoms with Crippen LogP contribution in [0.5, 0.6) is 11.5 Å². The smallest absolute Gasteiger partial charge is 0.248 e. The number of anilines is 3. The van der Waals surface area contributed by atoms with E-state index < -0.39 is 0 Å². The Kier molecular flexibility index (Phi) is 9.80. The van der Waals surface area contributed by atoms with Crippen molar-refractivity contribution in [2.45, 2.75) is 32.4 Å². The minimum absolute atomic E-state index is 0.149. The summed E-state index contributed by atoms with van der Waals surface area (Å²) < 4.78 is 11.7. The molecule has 2 aromatic heterocycles. The summed E-state index contributed by atoms with van der Waals surface area (Å²) in [7, 11) is 0. The summed E-state index contributed by atoms with van der Waals surface area (Å²) in [5.74, 6) is 0.749. The summed E-state index contributed by atoms with van der Waals surface area (Å²) in [6.07, 6.45) is 8.49. The lowest BCUT2D eigenvalue weighted by molar-refractivity contribution is -0.137. The van der Waals surface area contributed by atoms with E-state index >= 15 is 0 Å². The lowest BCUT2D eigenvalue weighted by Gasteiger charge is -2.36. The van der Waals surface area contributed by atoms with Gasteiger partial charge in [-0.2, -0.15) is 5.26 Å². The average molecular weight is 652 g/mol. The first-order valence-corrected chi connectivity index (χ1v) is 15.9. The minimum atomic E-state index is -0.344. The number of carbonyl (C=O) groups is 2. The van der Waals surface area contributed by atoms with E-state index in [4.69, 9.17) is 21.1 Å². The number of nitriles is 1. The molecule has 0 spiro atoms. The van der Waals surface area contributed by atoms with Crippen LogP contribution in [0.2, 0.25) is 5.02 Å². The second-order valence-electron chi connectivity index (χ2n) is 11.3. The number of halogens is 1. The zero-order valence-corrected chi connectivity index (χ0v) is 26.7. The van der Waals surface area contributed by atoms with Crippen LogP contribution in [0.1, 0.15) is 31.0 Å². The number of benzene rings is 2. The lowest BCUT2D eigenvalue weighted by atomic mass is 10.1. The van der Waals surface area contributed by atoms with Gasteiger partial charge in [-0.3, -0.25) is 24.5 Å². The highest BCUT2D eigenvalue weighted by molar-refractivity contribution is 6.32. The summed E-state index contributed by atoms with van der Waals surface area (Å²) in [6.45, 7) is 5.01. The van der Waals surface area contributed by atoms with Gasteiger partial charge < -0.3 is 25.0 Å². The van der Waals surface area contributed by atoms with Crippen molar-refractivity contribution >= 4 is 51.4 Å². The molecule has 12 heteroatoms. The summed E-state index contributed by atoms with van der Waals surface area (Å²) >= 11 is 6.56. The van der Waals surface area contributed by atoms with Gasteiger partial charge in [-0.05, 0) is 56.2 Å². The van der Waals surface area contributed by atoms with Crippen LogP contribution in [0.3, 0.4) is 0 Å². The predicted molar refractivity (Wildman–Crippen MR) is 180 cm³/mol. The average Bonchev–Trinajstić information content (AvgIpc) is 3.55. The standard InChI is InChI=1S/C35H34ClN7O4/c1-2-46-32-17-29-27(16-30(32)41-33(44)9-6-13-42-20-26-8-5-14-43(26)34(45)21-42)35(23(18-37)19-39-29)40-24-10-11-31(28(36)15-24)47-22-25-7-3-4-12-38-25/h3-4,6-7,9-12,15-17,19,26H,2,5,8,13-14,20-22H2,1H3,(H,39,40)(H,41,44)/b9-6+/t26-/m1/s1. The van der Waals surface area contributed by atoms with Crippen LogP contribution in [-0.2, 0) is 16.2 Å². The number of aromatic nitrogens is 2. The van der Waals surface area contributed by atoms with Crippen molar-refractivity contribution in [3.05, 3.63) is 89.4 Å². The summed E-state index contributed by atoms with van der Waals surface area (Å²) in [6, 6.07) is 16.8. The molecule has 6 rings (SSSR count). The molecule has 0 aliphatic carbocycles. The third kappa shape index (κ3) is 7.46. The zero-order chi connectivity index (χ0) is 32.8. The third-order valence-electron chi connectivity index (χ3n) is 8.11. The zero-order valence-electron chi connectivity index (χ0n) is 25.9. The van der Waals surface area contributed by atoms with Gasteiger partial charge in [0.05, 0.1) is 46.3 Å². The molecule has 2 saturated heterocycles. The topological polar surface area (TPSA) is 133 Å². The van der Waals surface area contributed by atoms with Gasteiger partial charge in [-0.25, -0.2) is 0 Å². The molecule has 0 saturated carbocycles. The first-order valence-electron chi connectivity index (χ1n) is 15.5. The molecule has 240 valence electrons. The van der Waals surface area contributed by atoms with Gasteiger partial charge in [0.1, 0.15) is 24.2 Å². The Morgan fingerprint density at radius 2 is 2.06 bits per heavy atom. The van der Waals surface area contributed by atoms with Gasteiger partial charge in [0, 0.05) is 61.3 Å². The third-order valence-corrected chi connectivity index (χ3v) is 8.40. The van der Waals surface area contributed by atoms with Crippen LogP contribution in [-0.4, -0.2) is 70.4 Å². The molecule has 2 amide bonds. The molecule has 47 heavy (non-hydrogen) atoms. The number of carbonyl (C=O) groups excluding carboxylic acids is 2. The summed E-state index contributed by atoms with van der Waals surface area (Å²) in [5.41, 5.74) is 3.21. The maximum absolute atomic E-state index is 13.0. The number of rotatable bonds is 11. The van der Waals surface area contributed by atoms with Gasteiger partial charge in [-0.1, -0.05) is 23.7 Å². The second kappa shape index (κ2) is 14.5. The summed E-state index contributed by atoms with van der Waals surface area (Å²) in [5, 5.41) is 17.2. The van der Waals surface area contributed by atoms with Crippen molar-refractivity contribution in [3.63, 3.8) is 0 Å². The normalized spacial score (nSPS) is 16.2. The molecule has 2 N–H and O–H groups in total. The van der Waals surface area contributed by atoms with Crippen molar-refractivity contribution in [2.24, 2.45) is 0 Å². The predicted octanol–water partition coefficient (Wildman–Crippen LogP) is 5.68. The number of nitrogens with zero attached hydrogens (tertiary/aromatic N) is 5. The Hall–Kier alpha value is -5.18. The van der Waals surface area contributed by atoms with Crippen molar-refractivity contribution in [2.75, 3.05) is 43.4 Å². The van der Waals surface area contributed by atoms with E-state index in [0.29, 0.717) is 69.7 Å². The number of fused-ring (bicyclic) bond motifs is 2. The highest BCUT2D eigenvalue weighted by Gasteiger charge is 2.34. The Morgan fingerprint density at radius 3 is 2.85 bits per heavy atom. The number of nitrogens with one attached hydrogen (secondary N) is 2. The van der Waals surface area contributed by atoms with Crippen LogP contribution in [0, 0.1) is 11.3 Å². The van der Waals surface area contributed by atoms with Crippen LogP contribution in [0.4, 0.5) is 17.1 Å². The molecule has 0 unspecified atom stereocenters. The molecule has 11 nitrogen and oxygen atoms in total. The first-order chi connectivity index (χ1) is 22.9.